The van der Waals surface area contributed by atoms with E-state index in [1.807, 2.05) is 0 Å². The number of aliphatic hydroxyl groups is 1. The lowest BCUT2D eigenvalue weighted by Gasteiger charge is -1.95. The second kappa shape index (κ2) is 2.87. The first-order valence-corrected chi connectivity index (χ1v) is 2.33. The molecular formula is C3H6O3S. The molecular weight excluding hydrogens is 116 g/mol. The molecule has 0 saturated carbocycles. The van der Waals surface area contributed by atoms with Gasteiger partial charge in [0.1, 0.15) is 0 Å². The van der Waals surface area contributed by atoms with Crippen molar-refractivity contribution in [2.45, 2.75) is 6.10 Å². The highest BCUT2D eigenvalue weighted by atomic mass is 32.1. The predicted octanol–water partition coefficient (Wildman–Crippen LogP) is -0.638. The Morgan fingerprint density at radius 2 is 2.29 bits per heavy atom. The Kier molecular flexibility index (Phi) is 2.78. The molecule has 0 spiro atoms. The van der Waals surface area contributed by atoms with Crippen LogP contribution in [-0.4, -0.2) is 28.0 Å². The highest BCUT2D eigenvalue weighted by Crippen LogP contribution is 1.83. The summed E-state index contributed by atoms with van der Waals surface area (Å²) in [5, 5.41) is 16.1. The van der Waals surface area contributed by atoms with E-state index in [4.69, 9.17) is 10.2 Å². The van der Waals surface area contributed by atoms with Crippen molar-refractivity contribution in [3.8, 4) is 0 Å². The largest absolute Gasteiger partial charge is 0.479 e. The van der Waals surface area contributed by atoms with E-state index in [1.165, 1.54) is 0 Å². The zero-order valence-corrected chi connectivity index (χ0v) is 4.43. The zero-order chi connectivity index (χ0) is 5.86. The Balaban J connectivity index is 3.34. The minimum absolute atomic E-state index is 0.0324. The highest BCUT2D eigenvalue weighted by molar-refractivity contribution is 7.80. The van der Waals surface area contributed by atoms with Crippen molar-refractivity contribution in [2.24, 2.45) is 0 Å². The van der Waals surface area contributed by atoms with Crippen molar-refractivity contribution in [1.82, 2.24) is 0 Å². The third-order valence-electron chi connectivity index (χ3n) is 0.458. The van der Waals surface area contributed by atoms with Crippen LogP contribution in [0.15, 0.2) is 0 Å². The molecule has 42 valence electrons. The molecule has 0 bridgehead atoms. The van der Waals surface area contributed by atoms with Gasteiger partial charge in [0.25, 0.3) is 0 Å². The van der Waals surface area contributed by atoms with E-state index >= 15 is 0 Å². The average Bonchev–Trinajstić information content (AvgIpc) is 1.65. The number of aliphatic carboxylic acids is 1. The van der Waals surface area contributed by atoms with Crippen LogP contribution >= 0.6 is 12.6 Å². The molecule has 0 aliphatic rings. The molecule has 2 N–H and O–H groups in total. The van der Waals surface area contributed by atoms with Crippen LogP contribution in [0.4, 0.5) is 0 Å². The maximum Gasteiger partial charge on any atom is 0.333 e. The fraction of sp³-hybridized carbons (Fsp3) is 0.667. The first kappa shape index (κ1) is 6.78. The third kappa shape index (κ3) is 2.47. The monoisotopic (exact) mass is 122 g/mol. The molecule has 0 aliphatic heterocycles. The van der Waals surface area contributed by atoms with Gasteiger partial charge in [0.05, 0.1) is 0 Å². The SMILES string of the molecule is O=C(O)[C@@H](O)CS. The summed E-state index contributed by atoms with van der Waals surface area (Å²) in [5.74, 6) is -1.26. The lowest BCUT2D eigenvalue weighted by molar-refractivity contribution is -0.145. The summed E-state index contributed by atoms with van der Waals surface area (Å²) in [5.41, 5.74) is 0. The van der Waals surface area contributed by atoms with Gasteiger partial charge >= 0.3 is 5.97 Å². The molecule has 0 aromatic heterocycles. The standard InChI is InChI=1S/C3H6O3S/c4-2(1-7)3(5)6/h2,4,7H,1H2,(H,5,6)/t2-/m0/s1. The lowest BCUT2D eigenvalue weighted by Crippen LogP contribution is -2.20. The number of thiol groups is 1. The van der Waals surface area contributed by atoms with Crippen molar-refractivity contribution in [3.05, 3.63) is 0 Å². The molecule has 0 radical (unpaired) electrons. The smallest absolute Gasteiger partial charge is 0.333 e. The second-order valence-electron chi connectivity index (χ2n) is 1.04. The molecule has 0 saturated heterocycles. The maximum absolute atomic E-state index is 9.63. The summed E-state index contributed by atoms with van der Waals surface area (Å²) >= 11 is 3.52. The van der Waals surface area contributed by atoms with Crippen LogP contribution in [0.25, 0.3) is 0 Å². The van der Waals surface area contributed by atoms with E-state index in [-0.39, 0.29) is 5.75 Å². The fourth-order valence-corrected chi connectivity index (χ4v) is 0.234. The van der Waals surface area contributed by atoms with E-state index in [1.54, 1.807) is 0 Å². The van der Waals surface area contributed by atoms with Gasteiger partial charge in [-0.25, -0.2) is 4.79 Å². The molecule has 0 heterocycles. The van der Waals surface area contributed by atoms with Gasteiger partial charge in [0.15, 0.2) is 6.10 Å². The van der Waals surface area contributed by atoms with Crippen LogP contribution in [0.1, 0.15) is 0 Å². The van der Waals surface area contributed by atoms with Crippen LogP contribution < -0.4 is 0 Å². The maximum atomic E-state index is 9.63. The van der Waals surface area contributed by atoms with Crippen LogP contribution in [0.5, 0.6) is 0 Å². The molecule has 1 atom stereocenters. The predicted molar refractivity (Wildman–Crippen MR) is 27.5 cm³/mol. The summed E-state index contributed by atoms with van der Waals surface area (Å²) in [4.78, 5) is 9.63. The van der Waals surface area contributed by atoms with Crippen molar-refractivity contribution < 1.29 is 15.0 Å². The van der Waals surface area contributed by atoms with Crippen molar-refractivity contribution >= 4 is 18.6 Å². The van der Waals surface area contributed by atoms with E-state index in [0.29, 0.717) is 0 Å². The molecule has 0 rings (SSSR count). The molecule has 0 aromatic rings. The Morgan fingerprint density at radius 1 is 1.86 bits per heavy atom. The quantitative estimate of drug-likeness (QED) is 0.427. The van der Waals surface area contributed by atoms with Crippen LogP contribution in [0, 0.1) is 0 Å². The Labute approximate surface area is 46.4 Å². The summed E-state index contributed by atoms with van der Waals surface area (Å²) in [6.07, 6.45) is -1.32. The molecule has 0 aromatic carbocycles. The normalized spacial score (nSPS) is 13.4. The minimum Gasteiger partial charge on any atom is -0.479 e. The topological polar surface area (TPSA) is 57.5 Å². The molecule has 3 nitrogen and oxygen atoms in total. The Bertz CT molecular complexity index is 72.6. The Morgan fingerprint density at radius 3 is 2.29 bits per heavy atom. The number of rotatable bonds is 2. The summed E-state index contributed by atoms with van der Waals surface area (Å²) < 4.78 is 0. The number of carbonyl (C=O) groups is 1. The molecule has 0 aliphatic carbocycles. The van der Waals surface area contributed by atoms with Crippen molar-refractivity contribution in [2.75, 3.05) is 5.75 Å². The van der Waals surface area contributed by atoms with Gasteiger partial charge in [-0.05, 0) is 0 Å². The molecule has 0 unspecified atom stereocenters. The van der Waals surface area contributed by atoms with Crippen LogP contribution in [0.3, 0.4) is 0 Å². The summed E-state index contributed by atoms with van der Waals surface area (Å²) in [6.45, 7) is 0. The minimum atomic E-state index is -1.32. The highest BCUT2D eigenvalue weighted by Gasteiger charge is 2.08. The van der Waals surface area contributed by atoms with Gasteiger partial charge in [-0.15, -0.1) is 0 Å². The number of carboxylic acid groups (broad SMARTS) is 1. The van der Waals surface area contributed by atoms with Crippen molar-refractivity contribution in [1.29, 1.82) is 0 Å². The van der Waals surface area contributed by atoms with Gasteiger partial charge in [-0.2, -0.15) is 12.6 Å². The fourth-order valence-electron chi connectivity index (χ4n) is 0.0781. The summed E-state index contributed by atoms with van der Waals surface area (Å²) in [6, 6.07) is 0. The van der Waals surface area contributed by atoms with E-state index in [9.17, 15) is 4.79 Å². The first-order valence-electron chi connectivity index (χ1n) is 1.70. The van der Waals surface area contributed by atoms with Crippen molar-refractivity contribution in [3.63, 3.8) is 0 Å². The second-order valence-corrected chi connectivity index (χ2v) is 1.40. The number of carboxylic acids is 1. The molecule has 4 heteroatoms. The van der Waals surface area contributed by atoms with E-state index in [2.05, 4.69) is 12.6 Å². The summed E-state index contributed by atoms with van der Waals surface area (Å²) in [7, 11) is 0. The lowest BCUT2D eigenvalue weighted by atomic mass is 10.4. The van der Waals surface area contributed by atoms with Crippen LogP contribution in [0.2, 0.25) is 0 Å². The number of aliphatic hydroxyl groups excluding tert-OH is 1. The van der Waals surface area contributed by atoms with Gasteiger partial charge in [-0.1, -0.05) is 0 Å². The average molecular weight is 122 g/mol. The van der Waals surface area contributed by atoms with Gasteiger partial charge < -0.3 is 10.2 Å². The van der Waals surface area contributed by atoms with Gasteiger partial charge in [0, 0.05) is 5.75 Å². The van der Waals surface area contributed by atoms with Gasteiger partial charge in [-0.3, -0.25) is 0 Å². The molecule has 0 amide bonds. The van der Waals surface area contributed by atoms with E-state index in [0.717, 1.165) is 0 Å². The third-order valence-corrected chi connectivity index (χ3v) is 0.804. The van der Waals surface area contributed by atoms with Crippen LogP contribution in [-0.2, 0) is 4.79 Å². The zero-order valence-electron chi connectivity index (χ0n) is 3.53. The Hall–Kier alpha value is -0.220. The van der Waals surface area contributed by atoms with E-state index < -0.39 is 12.1 Å². The van der Waals surface area contributed by atoms with Gasteiger partial charge in [0.2, 0.25) is 0 Å². The number of hydrogen-bond donors (Lipinski definition) is 3. The first-order chi connectivity index (χ1) is 3.18. The molecule has 0 fully saturated rings. The molecule has 7 heavy (non-hydrogen) atoms. The number of hydrogen-bond acceptors (Lipinski definition) is 3.